The molecule has 204 valence electrons. The molecule has 1 spiro atoms. The van der Waals surface area contributed by atoms with E-state index in [1.807, 2.05) is 12.1 Å². The molecule has 0 N–H and O–H groups in total. The number of benzene rings is 2. The third kappa shape index (κ3) is 4.28. The SMILES string of the molecule is O=C[C@H]1CC[C@H](CN2CCC(c3ccc4c(c3)C3(CCCCC3)c3nc(=O)c5c(Cl)cccc5n3-4)CC2)CC1. The zero-order valence-corrected chi connectivity index (χ0v) is 23.5. The third-order valence-electron chi connectivity index (χ3n) is 10.4. The quantitative estimate of drug-likeness (QED) is 0.340. The van der Waals surface area contributed by atoms with Crippen molar-refractivity contribution in [2.45, 2.75) is 82.0 Å². The number of aldehydes is 1. The lowest BCUT2D eigenvalue weighted by Gasteiger charge is -2.37. The monoisotopic (exact) mass is 543 g/mol. The van der Waals surface area contributed by atoms with E-state index in [1.54, 1.807) is 6.07 Å². The smallest absolute Gasteiger partial charge is 0.282 e. The normalized spacial score (nSPS) is 25.1. The molecular formula is C33H38ClN3O2. The molecule has 1 saturated heterocycles. The summed E-state index contributed by atoms with van der Waals surface area (Å²) in [5, 5.41) is 1.00. The van der Waals surface area contributed by atoms with Crippen LogP contribution >= 0.6 is 11.6 Å². The van der Waals surface area contributed by atoms with Gasteiger partial charge in [-0.2, -0.15) is 4.98 Å². The molecule has 7 rings (SSSR count). The molecule has 0 unspecified atom stereocenters. The van der Waals surface area contributed by atoms with Gasteiger partial charge in [-0.1, -0.05) is 49.1 Å². The van der Waals surface area contributed by atoms with E-state index >= 15 is 0 Å². The Balaban J connectivity index is 1.17. The van der Waals surface area contributed by atoms with Gasteiger partial charge in [0.2, 0.25) is 0 Å². The molecule has 3 aromatic rings. The van der Waals surface area contributed by atoms with Gasteiger partial charge >= 0.3 is 0 Å². The number of likely N-dealkylation sites (tertiary alicyclic amines) is 1. The Labute approximate surface area is 235 Å². The van der Waals surface area contributed by atoms with Gasteiger partial charge in [-0.25, -0.2) is 0 Å². The highest BCUT2D eigenvalue weighted by Gasteiger charge is 2.46. The molecule has 2 aliphatic carbocycles. The molecule has 0 bridgehead atoms. The summed E-state index contributed by atoms with van der Waals surface area (Å²) in [5.41, 5.74) is 4.49. The highest BCUT2D eigenvalue weighted by Crippen LogP contribution is 2.52. The second-order valence-electron chi connectivity index (χ2n) is 12.6. The number of fused-ring (bicyclic) bond motifs is 7. The summed E-state index contributed by atoms with van der Waals surface area (Å²) < 4.78 is 2.25. The molecule has 2 saturated carbocycles. The van der Waals surface area contributed by atoms with Gasteiger partial charge in [-0.05, 0) is 106 Å². The molecule has 6 heteroatoms. The van der Waals surface area contributed by atoms with Crippen molar-refractivity contribution in [2.24, 2.45) is 11.8 Å². The van der Waals surface area contributed by atoms with Crippen molar-refractivity contribution in [3.8, 4) is 5.69 Å². The predicted molar refractivity (Wildman–Crippen MR) is 156 cm³/mol. The van der Waals surface area contributed by atoms with Gasteiger partial charge in [0.05, 0.1) is 27.0 Å². The topological polar surface area (TPSA) is 55.2 Å². The first-order valence-electron chi connectivity index (χ1n) is 15.1. The number of rotatable bonds is 4. The summed E-state index contributed by atoms with van der Waals surface area (Å²) in [6, 6.07) is 12.9. The summed E-state index contributed by atoms with van der Waals surface area (Å²) in [4.78, 5) is 31.8. The van der Waals surface area contributed by atoms with Gasteiger partial charge in [-0.15, -0.1) is 0 Å². The van der Waals surface area contributed by atoms with E-state index in [1.165, 1.54) is 74.6 Å². The van der Waals surface area contributed by atoms with Gasteiger partial charge in [0.25, 0.3) is 5.56 Å². The third-order valence-corrected chi connectivity index (χ3v) is 10.8. The maximum absolute atomic E-state index is 13.2. The first-order valence-corrected chi connectivity index (χ1v) is 15.5. The first-order chi connectivity index (χ1) is 19.1. The summed E-state index contributed by atoms with van der Waals surface area (Å²) in [7, 11) is 0. The molecule has 0 atom stereocenters. The van der Waals surface area contributed by atoms with E-state index in [9.17, 15) is 9.59 Å². The number of hydrogen-bond acceptors (Lipinski definition) is 4. The Hall–Kier alpha value is -2.50. The van der Waals surface area contributed by atoms with Crippen molar-refractivity contribution in [1.29, 1.82) is 0 Å². The second kappa shape index (κ2) is 10.2. The second-order valence-corrected chi connectivity index (χ2v) is 13.0. The highest BCUT2D eigenvalue weighted by atomic mass is 35.5. The molecule has 0 amide bonds. The van der Waals surface area contributed by atoms with E-state index in [2.05, 4.69) is 27.7 Å². The zero-order valence-electron chi connectivity index (χ0n) is 22.7. The fourth-order valence-corrected chi connectivity index (χ4v) is 8.52. The Morgan fingerprint density at radius 3 is 2.49 bits per heavy atom. The minimum absolute atomic E-state index is 0.180. The Bertz CT molecular complexity index is 1460. The number of aromatic nitrogens is 2. The van der Waals surface area contributed by atoms with Crippen LogP contribution in [0, 0.1) is 11.8 Å². The minimum atomic E-state index is -0.202. The number of nitrogens with zero attached hydrogens (tertiary/aromatic N) is 3. The maximum Gasteiger partial charge on any atom is 0.282 e. The standard InChI is InChI=1S/C33H38ClN3O2/c34-27-5-4-6-29-30(27)31(39)35-32-33(15-2-1-3-16-33)26-19-25(11-12-28(26)37(29)32)24-13-17-36(18-14-24)20-22-7-9-23(21-38)10-8-22/h4-6,11-12,19,21-24H,1-3,7-10,13-18,20H2/t22-,23-. The van der Waals surface area contributed by atoms with Gasteiger partial charge in [0.15, 0.2) is 0 Å². The molecule has 39 heavy (non-hydrogen) atoms. The van der Waals surface area contributed by atoms with Crippen LogP contribution in [0.1, 0.15) is 93.5 Å². The van der Waals surface area contributed by atoms with Crippen LogP contribution in [-0.2, 0) is 10.2 Å². The first kappa shape index (κ1) is 25.5. The molecule has 2 aromatic carbocycles. The molecule has 5 nitrogen and oxygen atoms in total. The summed E-state index contributed by atoms with van der Waals surface area (Å²) in [6.07, 6.45) is 13.8. The van der Waals surface area contributed by atoms with Crippen molar-refractivity contribution < 1.29 is 4.79 Å². The van der Waals surface area contributed by atoms with Crippen LogP contribution in [-0.4, -0.2) is 40.4 Å². The number of carbonyl (C=O) groups excluding carboxylic acids is 1. The fourth-order valence-electron chi connectivity index (χ4n) is 8.27. The van der Waals surface area contributed by atoms with Crippen molar-refractivity contribution in [2.75, 3.05) is 19.6 Å². The summed E-state index contributed by atoms with van der Waals surface area (Å²) >= 11 is 6.51. The lowest BCUT2D eigenvalue weighted by molar-refractivity contribution is -0.112. The average molecular weight is 544 g/mol. The van der Waals surface area contributed by atoms with Gasteiger partial charge in [0, 0.05) is 12.5 Å². The predicted octanol–water partition coefficient (Wildman–Crippen LogP) is 6.79. The summed E-state index contributed by atoms with van der Waals surface area (Å²) in [5.74, 6) is 2.55. The van der Waals surface area contributed by atoms with Crippen LogP contribution in [0.15, 0.2) is 41.2 Å². The number of piperidine rings is 1. The van der Waals surface area contributed by atoms with E-state index in [0.717, 1.165) is 56.0 Å². The van der Waals surface area contributed by atoms with Gasteiger partial charge in [0.1, 0.15) is 12.1 Å². The average Bonchev–Trinajstić information content (AvgIpc) is 3.22. The largest absolute Gasteiger partial charge is 0.303 e. The van der Waals surface area contributed by atoms with E-state index in [-0.39, 0.29) is 11.0 Å². The van der Waals surface area contributed by atoms with E-state index in [0.29, 0.717) is 22.2 Å². The Morgan fingerprint density at radius 1 is 0.974 bits per heavy atom. The minimum Gasteiger partial charge on any atom is -0.303 e. The molecule has 3 heterocycles. The molecule has 0 radical (unpaired) electrons. The van der Waals surface area contributed by atoms with Crippen LogP contribution in [0.4, 0.5) is 0 Å². The molecular weight excluding hydrogens is 506 g/mol. The van der Waals surface area contributed by atoms with Crippen molar-refractivity contribution in [3.05, 3.63) is 68.7 Å². The zero-order chi connectivity index (χ0) is 26.6. The molecule has 2 aliphatic heterocycles. The van der Waals surface area contributed by atoms with Crippen LogP contribution in [0.5, 0.6) is 0 Å². The number of hydrogen-bond donors (Lipinski definition) is 0. The molecule has 3 fully saturated rings. The van der Waals surface area contributed by atoms with Crippen molar-refractivity contribution in [1.82, 2.24) is 14.5 Å². The molecule has 1 aromatic heterocycles. The van der Waals surface area contributed by atoms with Gasteiger partial charge in [-0.3, -0.25) is 9.36 Å². The Kier molecular flexibility index (Phi) is 6.63. The van der Waals surface area contributed by atoms with Crippen molar-refractivity contribution >= 4 is 28.8 Å². The fraction of sp³-hybridized carbons (Fsp3) is 0.545. The van der Waals surface area contributed by atoms with Crippen LogP contribution < -0.4 is 5.56 Å². The van der Waals surface area contributed by atoms with Crippen molar-refractivity contribution in [3.63, 3.8) is 0 Å². The highest BCUT2D eigenvalue weighted by molar-refractivity contribution is 6.35. The van der Waals surface area contributed by atoms with Crippen LogP contribution in [0.3, 0.4) is 0 Å². The summed E-state index contributed by atoms with van der Waals surface area (Å²) in [6.45, 7) is 3.50. The van der Waals surface area contributed by atoms with E-state index in [4.69, 9.17) is 16.6 Å². The Morgan fingerprint density at radius 2 is 1.74 bits per heavy atom. The van der Waals surface area contributed by atoms with Crippen LogP contribution in [0.2, 0.25) is 5.02 Å². The number of halogens is 1. The maximum atomic E-state index is 13.2. The van der Waals surface area contributed by atoms with E-state index < -0.39 is 0 Å². The van der Waals surface area contributed by atoms with Crippen LogP contribution in [0.25, 0.3) is 16.6 Å². The lowest BCUT2D eigenvalue weighted by atomic mass is 9.69. The molecule has 4 aliphatic rings. The van der Waals surface area contributed by atoms with Gasteiger partial charge < -0.3 is 9.69 Å². The number of carbonyl (C=O) groups is 1. The lowest BCUT2D eigenvalue weighted by Crippen LogP contribution is -2.37.